The van der Waals surface area contributed by atoms with Crippen LogP contribution in [0.15, 0.2) is 22.7 Å². The second kappa shape index (κ2) is 4.96. The molecule has 1 aliphatic rings. The molecule has 17 heavy (non-hydrogen) atoms. The Bertz CT molecular complexity index is 436. The highest BCUT2D eigenvalue weighted by Gasteiger charge is 2.28. The summed E-state index contributed by atoms with van der Waals surface area (Å²) in [5.74, 6) is 1.05. The van der Waals surface area contributed by atoms with Gasteiger partial charge in [0.1, 0.15) is 5.75 Å². The van der Waals surface area contributed by atoms with Crippen LogP contribution in [0.25, 0.3) is 0 Å². The molecule has 0 radical (unpaired) electrons. The number of nitrogens with zero attached hydrogens (tertiary/aromatic N) is 1. The lowest BCUT2D eigenvalue weighted by Crippen LogP contribution is -2.26. The van der Waals surface area contributed by atoms with Crippen molar-refractivity contribution >= 4 is 22.0 Å². The van der Waals surface area contributed by atoms with Gasteiger partial charge in [-0.15, -0.1) is 0 Å². The maximum Gasteiger partial charge on any atom is 0.407 e. The van der Waals surface area contributed by atoms with E-state index in [9.17, 15) is 4.79 Å². The van der Waals surface area contributed by atoms with Crippen molar-refractivity contribution in [3.63, 3.8) is 0 Å². The van der Waals surface area contributed by atoms with Crippen LogP contribution in [0, 0.1) is 0 Å². The van der Waals surface area contributed by atoms with Crippen molar-refractivity contribution in [1.29, 1.82) is 0 Å². The number of hydrogen-bond acceptors (Lipinski definition) is 2. The average molecular weight is 300 g/mol. The van der Waals surface area contributed by atoms with Crippen LogP contribution in [-0.2, 0) is 0 Å². The minimum Gasteiger partial charge on any atom is -0.496 e. The van der Waals surface area contributed by atoms with Crippen molar-refractivity contribution in [3.8, 4) is 5.75 Å². The zero-order valence-electron chi connectivity index (χ0n) is 9.52. The van der Waals surface area contributed by atoms with E-state index in [1.165, 1.54) is 4.90 Å². The van der Waals surface area contributed by atoms with E-state index in [-0.39, 0.29) is 5.92 Å². The summed E-state index contributed by atoms with van der Waals surface area (Å²) in [6.07, 6.45) is 0.00757. The molecule has 1 saturated heterocycles. The lowest BCUT2D eigenvalue weighted by Gasteiger charge is -2.15. The summed E-state index contributed by atoms with van der Waals surface area (Å²) < 4.78 is 6.30. The fourth-order valence-electron chi connectivity index (χ4n) is 2.21. The summed E-state index contributed by atoms with van der Waals surface area (Å²) in [5, 5.41) is 8.94. The van der Waals surface area contributed by atoms with Gasteiger partial charge >= 0.3 is 6.09 Å². The normalized spacial score (nSPS) is 19.4. The van der Waals surface area contributed by atoms with Crippen LogP contribution in [0.5, 0.6) is 5.75 Å². The van der Waals surface area contributed by atoms with Crippen LogP contribution in [0.4, 0.5) is 4.79 Å². The Morgan fingerprint density at radius 1 is 1.59 bits per heavy atom. The van der Waals surface area contributed by atoms with Gasteiger partial charge in [-0.2, -0.15) is 0 Å². The standard InChI is InChI=1S/C12H14BrNO3/c1-17-11-6-9(13)2-3-10(11)8-4-5-14(7-8)12(15)16/h2-3,6,8H,4-5,7H2,1H3,(H,15,16)/t8-/m1/s1. The third-order valence-corrected chi connectivity index (χ3v) is 3.59. The van der Waals surface area contributed by atoms with Gasteiger partial charge in [-0.3, -0.25) is 0 Å². The number of amides is 1. The van der Waals surface area contributed by atoms with Crippen molar-refractivity contribution in [2.75, 3.05) is 20.2 Å². The molecule has 0 bridgehead atoms. The Labute approximate surface area is 108 Å². The van der Waals surface area contributed by atoms with Gasteiger partial charge in [-0.25, -0.2) is 4.79 Å². The van der Waals surface area contributed by atoms with Gasteiger partial charge < -0.3 is 14.7 Å². The fraction of sp³-hybridized carbons (Fsp3) is 0.417. The first-order valence-electron chi connectivity index (χ1n) is 5.43. The predicted molar refractivity (Wildman–Crippen MR) is 67.6 cm³/mol. The molecule has 2 rings (SSSR count). The molecule has 1 aliphatic heterocycles. The minimum absolute atomic E-state index is 0.231. The van der Waals surface area contributed by atoms with Crippen LogP contribution in [0.2, 0.25) is 0 Å². The van der Waals surface area contributed by atoms with Crippen LogP contribution >= 0.6 is 15.9 Å². The summed E-state index contributed by atoms with van der Waals surface area (Å²) >= 11 is 3.40. The second-order valence-electron chi connectivity index (χ2n) is 4.10. The van der Waals surface area contributed by atoms with E-state index in [1.54, 1.807) is 7.11 Å². The molecule has 92 valence electrons. The molecule has 1 atom stereocenters. The molecule has 0 aliphatic carbocycles. The maximum absolute atomic E-state index is 10.9. The summed E-state index contributed by atoms with van der Waals surface area (Å²) in [6, 6.07) is 5.87. The molecule has 0 unspecified atom stereocenters. The topological polar surface area (TPSA) is 49.8 Å². The first-order valence-corrected chi connectivity index (χ1v) is 6.22. The molecule has 1 amide bonds. The number of ether oxygens (including phenoxy) is 1. The van der Waals surface area contributed by atoms with E-state index < -0.39 is 6.09 Å². The summed E-state index contributed by atoms with van der Waals surface area (Å²) in [7, 11) is 1.63. The van der Waals surface area contributed by atoms with Crippen LogP contribution in [-0.4, -0.2) is 36.3 Å². The van der Waals surface area contributed by atoms with Gasteiger partial charge in [0.2, 0.25) is 0 Å². The van der Waals surface area contributed by atoms with E-state index in [0.717, 1.165) is 22.2 Å². The smallest absolute Gasteiger partial charge is 0.407 e. The molecule has 0 aromatic heterocycles. The number of benzene rings is 1. The van der Waals surface area contributed by atoms with Crippen molar-refractivity contribution in [2.24, 2.45) is 0 Å². The molecular weight excluding hydrogens is 286 g/mol. The molecule has 1 aromatic carbocycles. The van der Waals surface area contributed by atoms with E-state index in [0.29, 0.717) is 13.1 Å². The molecule has 4 nitrogen and oxygen atoms in total. The highest BCUT2D eigenvalue weighted by molar-refractivity contribution is 9.10. The van der Waals surface area contributed by atoms with Crippen LogP contribution in [0.1, 0.15) is 17.9 Å². The second-order valence-corrected chi connectivity index (χ2v) is 5.02. The predicted octanol–water partition coefficient (Wildman–Crippen LogP) is 2.93. The highest BCUT2D eigenvalue weighted by Crippen LogP contribution is 2.35. The Hall–Kier alpha value is -1.23. The molecule has 1 heterocycles. The Morgan fingerprint density at radius 2 is 2.35 bits per heavy atom. The summed E-state index contributed by atoms with van der Waals surface area (Å²) in [6.45, 7) is 1.15. The number of methoxy groups -OCH3 is 1. The van der Waals surface area contributed by atoms with Gasteiger partial charge in [-0.05, 0) is 24.1 Å². The first-order chi connectivity index (χ1) is 8.11. The molecule has 0 spiro atoms. The van der Waals surface area contributed by atoms with E-state index in [1.807, 2.05) is 18.2 Å². The molecule has 1 N–H and O–H groups in total. The Kier molecular flexibility index (Phi) is 3.57. The number of carbonyl (C=O) groups is 1. The maximum atomic E-state index is 10.9. The molecule has 1 fully saturated rings. The van der Waals surface area contributed by atoms with Crippen LogP contribution in [0.3, 0.4) is 0 Å². The van der Waals surface area contributed by atoms with Gasteiger partial charge in [-0.1, -0.05) is 22.0 Å². The number of likely N-dealkylation sites (tertiary alicyclic amines) is 1. The zero-order valence-corrected chi connectivity index (χ0v) is 11.1. The van der Waals surface area contributed by atoms with Gasteiger partial charge in [0.05, 0.1) is 7.11 Å². The van der Waals surface area contributed by atoms with E-state index in [4.69, 9.17) is 9.84 Å². The van der Waals surface area contributed by atoms with E-state index in [2.05, 4.69) is 15.9 Å². The molecule has 5 heteroatoms. The number of rotatable bonds is 2. The summed E-state index contributed by atoms with van der Waals surface area (Å²) in [4.78, 5) is 12.3. The Balaban J connectivity index is 2.21. The summed E-state index contributed by atoms with van der Waals surface area (Å²) in [5.41, 5.74) is 1.08. The minimum atomic E-state index is -0.844. The number of halogens is 1. The third kappa shape index (κ3) is 2.54. The monoisotopic (exact) mass is 299 g/mol. The van der Waals surface area contributed by atoms with Gasteiger partial charge in [0.15, 0.2) is 0 Å². The average Bonchev–Trinajstić information content (AvgIpc) is 2.78. The van der Waals surface area contributed by atoms with Crippen molar-refractivity contribution < 1.29 is 14.6 Å². The molecule has 0 saturated carbocycles. The van der Waals surface area contributed by atoms with Crippen LogP contribution < -0.4 is 4.74 Å². The van der Waals surface area contributed by atoms with E-state index >= 15 is 0 Å². The Morgan fingerprint density at radius 3 is 2.94 bits per heavy atom. The largest absolute Gasteiger partial charge is 0.496 e. The number of carboxylic acid groups (broad SMARTS) is 1. The highest BCUT2D eigenvalue weighted by atomic mass is 79.9. The van der Waals surface area contributed by atoms with Crippen molar-refractivity contribution in [3.05, 3.63) is 28.2 Å². The molecular formula is C12H14BrNO3. The van der Waals surface area contributed by atoms with Gasteiger partial charge in [0.25, 0.3) is 0 Å². The molecule has 1 aromatic rings. The fourth-order valence-corrected chi connectivity index (χ4v) is 2.55. The lowest BCUT2D eigenvalue weighted by atomic mass is 9.97. The first kappa shape index (κ1) is 12.2. The lowest BCUT2D eigenvalue weighted by molar-refractivity contribution is 0.155. The third-order valence-electron chi connectivity index (χ3n) is 3.09. The van der Waals surface area contributed by atoms with Gasteiger partial charge in [0, 0.05) is 23.5 Å². The SMILES string of the molecule is COc1cc(Br)ccc1[C@@H]1CCN(C(=O)O)C1. The number of hydrogen-bond donors (Lipinski definition) is 1. The zero-order chi connectivity index (χ0) is 12.4. The van der Waals surface area contributed by atoms with Crippen molar-refractivity contribution in [2.45, 2.75) is 12.3 Å². The quantitative estimate of drug-likeness (QED) is 0.913. The van der Waals surface area contributed by atoms with Crippen molar-refractivity contribution in [1.82, 2.24) is 4.90 Å².